The fourth-order valence-electron chi connectivity index (χ4n) is 1.67. The van der Waals surface area contributed by atoms with Crippen LogP contribution >= 0.6 is 22.7 Å². The maximum Gasteiger partial charge on any atom is 0.343 e. The lowest BCUT2D eigenvalue weighted by molar-refractivity contribution is -0.114. The third kappa shape index (κ3) is 3.48. The first kappa shape index (κ1) is 15.2. The number of thiophene rings is 2. The SMILES string of the molecule is CC(=O)Nc1scc(-c2cccs2)c1C(=O)O[C@@H](C)C#N. The first-order chi connectivity index (χ1) is 10.0. The number of esters is 1. The zero-order valence-corrected chi connectivity index (χ0v) is 13.0. The van der Waals surface area contributed by atoms with Gasteiger partial charge in [-0.15, -0.1) is 22.7 Å². The maximum absolute atomic E-state index is 12.3. The van der Waals surface area contributed by atoms with E-state index in [-0.39, 0.29) is 5.91 Å². The molecular weight excluding hydrogens is 308 g/mol. The van der Waals surface area contributed by atoms with Crippen molar-refractivity contribution in [2.75, 3.05) is 5.32 Å². The highest BCUT2D eigenvalue weighted by Gasteiger charge is 2.24. The lowest BCUT2D eigenvalue weighted by atomic mass is 10.1. The molecule has 0 unspecified atom stereocenters. The van der Waals surface area contributed by atoms with E-state index in [9.17, 15) is 9.59 Å². The van der Waals surface area contributed by atoms with Gasteiger partial charge in [-0.05, 0) is 18.4 Å². The van der Waals surface area contributed by atoms with E-state index in [1.807, 2.05) is 23.6 Å². The molecule has 0 spiro atoms. The van der Waals surface area contributed by atoms with Crippen molar-refractivity contribution in [3.05, 3.63) is 28.5 Å². The van der Waals surface area contributed by atoms with E-state index in [0.717, 1.165) is 4.88 Å². The van der Waals surface area contributed by atoms with Crippen LogP contribution in [0.3, 0.4) is 0 Å². The Morgan fingerprint density at radius 2 is 2.19 bits per heavy atom. The first-order valence-corrected chi connectivity index (χ1v) is 7.82. The number of nitrogens with zero attached hydrogens (tertiary/aromatic N) is 1. The summed E-state index contributed by atoms with van der Waals surface area (Å²) in [5.41, 5.74) is 0.994. The van der Waals surface area contributed by atoms with Gasteiger partial charge in [0.1, 0.15) is 16.6 Å². The second kappa shape index (κ2) is 6.52. The molecule has 0 saturated carbocycles. The fraction of sp³-hybridized carbons (Fsp3) is 0.214. The molecular formula is C14H12N2O3S2. The van der Waals surface area contributed by atoms with Crippen LogP contribution in [0.5, 0.6) is 0 Å². The molecule has 0 aliphatic rings. The minimum absolute atomic E-state index is 0.267. The molecule has 0 aliphatic carbocycles. The minimum Gasteiger partial charge on any atom is -0.444 e. The van der Waals surface area contributed by atoms with Gasteiger partial charge in [-0.25, -0.2) is 4.79 Å². The molecule has 2 rings (SSSR count). The molecule has 0 saturated heterocycles. The van der Waals surface area contributed by atoms with E-state index in [1.165, 1.54) is 36.5 Å². The van der Waals surface area contributed by atoms with E-state index < -0.39 is 12.1 Å². The van der Waals surface area contributed by atoms with Crippen molar-refractivity contribution in [3.8, 4) is 16.5 Å². The smallest absolute Gasteiger partial charge is 0.343 e. The van der Waals surface area contributed by atoms with Crippen molar-refractivity contribution >= 4 is 39.6 Å². The van der Waals surface area contributed by atoms with E-state index in [0.29, 0.717) is 16.1 Å². The number of rotatable bonds is 4. The molecule has 1 N–H and O–H groups in total. The molecule has 2 aromatic rings. The molecule has 0 fully saturated rings. The Morgan fingerprint density at radius 3 is 2.76 bits per heavy atom. The maximum atomic E-state index is 12.3. The van der Waals surface area contributed by atoms with Crippen LogP contribution in [-0.4, -0.2) is 18.0 Å². The van der Waals surface area contributed by atoms with Gasteiger partial charge in [-0.2, -0.15) is 5.26 Å². The Hall–Kier alpha value is -2.17. The van der Waals surface area contributed by atoms with Crippen LogP contribution in [0.1, 0.15) is 24.2 Å². The summed E-state index contributed by atoms with van der Waals surface area (Å²) >= 11 is 2.74. The second-order valence-electron chi connectivity index (χ2n) is 4.19. The standard InChI is InChI=1S/C14H12N2O3S2/c1-8(6-15)19-14(18)12-10(11-4-3-5-20-11)7-21-13(12)16-9(2)17/h3-5,7-8H,1-2H3,(H,16,17)/t8-/m0/s1. The van der Waals surface area contributed by atoms with Gasteiger partial charge in [-0.3, -0.25) is 4.79 Å². The quantitative estimate of drug-likeness (QED) is 0.874. The third-order valence-corrected chi connectivity index (χ3v) is 4.34. The van der Waals surface area contributed by atoms with Crippen LogP contribution in [0.25, 0.3) is 10.4 Å². The summed E-state index contributed by atoms with van der Waals surface area (Å²) in [7, 11) is 0. The van der Waals surface area contributed by atoms with Gasteiger partial charge < -0.3 is 10.1 Å². The van der Waals surface area contributed by atoms with Crippen molar-refractivity contribution < 1.29 is 14.3 Å². The summed E-state index contributed by atoms with van der Waals surface area (Å²) in [4.78, 5) is 24.4. The minimum atomic E-state index is -0.848. The molecule has 2 heterocycles. The topological polar surface area (TPSA) is 79.2 Å². The van der Waals surface area contributed by atoms with Gasteiger partial charge in [0.15, 0.2) is 6.10 Å². The zero-order chi connectivity index (χ0) is 15.4. The molecule has 0 aliphatic heterocycles. The molecule has 2 aromatic heterocycles. The van der Waals surface area contributed by atoms with Gasteiger partial charge in [0.05, 0.1) is 0 Å². The highest BCUT2D eigenvalue weighted by Crippen LogP contribution is 2.38. The number of nitrogens with one attached hydrogen (secondary N) is 1. The number of anilines is 1. The number of hydrogen-bond donors (Lipinski definition) is 1. The van der Waals surface area contributed by atoms with Gasteiger partial charge in [0.2, 0.25) is 5.91 Å². The normalized spacial score (nSPS) is 11.5. The number of carbonyl (C=O) groups is 2. The Labute approximate surface area is 129 Å². The zero-order valence-electron chi connectivity index (χ0n) is 11.4. The lowest BCUT2D eigenvalue weighted by Crippen LogP contribution is -2.15. The second-order valence-corrected chi connectivity index (χ2v) is 6.02. The van der Waals surface area contributed by atoms with Gasteiger partial charge >= 0.3 is 5.97 Å². The predicted molar refractivity (Wildman–Crippen MR) is 82.4 cm³/mol. The number of ether oxygens (including phenoxy) is 1. The van der Waals surface area contributed by atoms with E-state index in [4.69, 9.17) is 10.00 Å². The average molecular weight is 320 g/mol. The van der Waals surface area contributed by atoms with Gasteiger partial charge in [0, 0.05) is 22.7 Å². The molecule has 21 heavy (non-hydrogen) atoms. The molecule has 0 radical (unpaired) electrons. The van der Waals surface area contributed by atoms with Crippen LogP contribution in [0.15, 0.2) is 22.9 Å². The van der Waals surface area contributed by atoms with Crippen molar-refractivity contribution in [2.24, 2.45) is 0 Å². The first-order valence-electron chi connectivity index (χ1n) is 6.06. The lowest BCUT2D eigenvalue weighted by Gasteiger charge is -2.09. The van der Waals surface area contributed by atoms with Crippen molar-refractivity contribution in [2.45, 2.75) is 20.0 Å². The van der Waals surface area contributed by atoms with Crippen LogP contribution < -0.4 is 5.32 Å². The molecule has 1 amide bonds. The monoisotopic (exact) mass is 320 g/mol. The molecule has 108 valence electrons. The van der Waals surface area contributed by atoms with Gasteiger partial charge in [-0.1, -0.05) is 6.07 Å². The number of hydrogen-bond acceptors (Lipinski definition) is 6. The fourth-order valence-corrected chi connectivity index (χ4v) is 3.49. The number of nitriles is 1. The number of amides is 1. The summed E-state index contributed by atoms with van der Waals surface area (Å²) in [6, 6.07) is 5.61. The van der Waals surface area contributed by atoms with Crippen LogP contribution in [0.4, 0.5) is 5.00 Å². The largest absolute Gasteiger partial charge is 0.444 e. The third-order valence-electron chi connectivity index (χ3n) is 2.54. The average Bonchev–Trinajstić information content (AvgIpc) is 3.06. The summed E-state index contributed by atoms with van der Waals surface area (Å²) in [5, 5.41) is 15.5. The van der Waals surface area contributed by atoms with Crippen molar-refractivity contribution in [1.82, 2.24) is 0 Å². The Bertz CT molecular complexity index is 698. The highest BCUT2D eigenvalue weighted by molar-refractivity contribution is 7.17. The summed E-state index contributed by atoms with van der Waals surface area (Å²) in [6.07, 6.45) is -0.848. The van der Waals surface area contributed by atoms with E-state index in [2.05, 4.69) is 5.32 Å². The Balaban J connectivity index is 2.44. The molecule has 0 aromatic carbocycles. The van der Waals surface area contributed by atoms with Crippen molar-refractivity contribution in [3.63, 3.8) is 0 Å². The van der Waals surface area contributed by atoms with Gasteiger partial charge in [0.25, 0.3) is 0 Å². The Morgan fingerprint density at radius 1 is 1.43 bits per heavy atom. The van der Waals surface area contributed by atoms with Crippen LogP contribution in [0, 0.1) is 11.3 Å². The molecule has 0 bridgehead atoms. The molecule has 1 atom stereocenters. The van der Waals surface area contributed by atoms with E-state index in [1.54, 1.807) is 5.38 Å². The highest BCUT2D eigenvalue weighted by atomic mass is 32.1. The number of carbonyl (C=O) groups excluding carboxylic acids is 2. The Kier molecular flexibility index (Phi) is 4.73. The van der Waals surface area contributed by atoms with Crippen molar-refractivity contribution in [1.29, 1.82) is 5.26 Å². The van der Waals surface area contributed by atoms with Crippen LogP contribution in [0.2, 0.25) is 0 Å². The predicted octanol–water partition coefficient (Wildman–Crippen LogP) is 3.50. The molecule has 7 heteroatoms. The summed E-state index contributed by atoms with van der Waals surface area (Å²) in [6.45, 7) is 2.87. The van der Waals surface area contributed by atoms with Crippen LogP contribution in [-0.2, 0) is 9.53 Å². The summed E-state index contributed by atoms with van der Waals surface area (Å²) in [5.74, 6) is -0.880. The van der Waals surface area contributed by atoms with E-state index >= 15 is 0 Å². The summed E-state index contributed by atoms with van der Waals surface area (Å²) < 4.78 is 5.06. The molecule has 5 nitrogen and oxygen atoms in total.